The highest BCUT2D eigenvalue weighted by Gasteiger charge is 2.27. The number of aromatic nitrogens is 4. The van der Waals surface area contributed by atoms with Crippen molar-refractivity contribution in [1.29, 1.82) is 0 Å². The van der Waals surface area contributed by atoms with E-state index in [0.29, 0.717) is 5.69 Å². The molecule has 0 amide bonds. The number of halogens is 1. The summed E-state index contributed by atoms with van der Waals surface area (Å²) in [5, 5.41) is 0. The van der Waals surface area contributed by atoms with Crippen molar-refractivity contribution in [3.05, 3.63) is 48.3 Å². The molecule has 0 saturated heterocycles. The highest BCUT2D eigenvalue weighted by molar-refractivity contribution is 5.64. The molecule has 0 spiro atoms. The molecule has 8 heteroatoms. The fourth-order valence-corrected chi connectivity index (χ4v) is 2.90. The zero-order valence-corrected chi connectivity index (χ0v) is 13.9. The number of nitrogen functional groups attached to an aromatic ring is 2. The monoisotopic (exact) mass is 352 g/mol. The van der Waals surface area contributed by atoms with Gasteiger partial charge in [0.25, 0.3) is 5.88 Å². The van der Waals surface area contributed by atoms with Gasteiger partial charge in [0.15, 0.2) is 17.4 Å². The maximum atomic E-state index is 15.3. The molecule has 0 unspecified atom stereocenters. The molecule has 1 aliphatic carbocycles. The molecule has 2 heterocycles. The number of anilines is 2. The fraction of sp³-hybridized carbons (Fsp3) is 0.222. The summed E-state index contributed by atoms with van der Waals surface area (Å²) in [7, 11) is 0. The van der Waals surface area contributed by atoms with Gasteiger partial charge in [-0.1, -0.05) is 12.5 Å². The first kappa shape index (κ1) is 16.2. The van der Waals surface area contributed by atoms with Crippen molar-refractivity contribution >= 4 is 11.6 Å². The number of hydrogen-bond donors (Lipinski definition) is 2. The summed E-state index contributed by atoms with van der Waals surface area (Å²) in [6.07, 6.45) is 8.81. The van der Waals surface area contributed by atoms with E-state index in [1.54, 1.807) is 6.07 Å². The highest BCUT2D eigenvalue weighted by Crippen LogP contribution is 2.45. The SMILES string of the molecule is Nc1cnc(-c2ccc(C3CCC3)c(Oc3nccnc3N)c2F)cn1. The van der Waals surface area contributed by atoms with Gasteiger partial charge in [-0.15, -0.1) is 0 Å². The van der Waals surface area contributed by atoms with E-state index in [0.717, 1.165) is 24.8 Å². The second kappa shape index (κ2) is 6.55. The molecule has 26 heavy (non-hydrogen) atoms. The largest absolute Gasteiger partial charge is 0.432 e. The molecular weight excluding hydrogens is 335 g/mol. The third-order valence-electron chi connectivity index (χ3n) is 4.51. The Kier molecular flexibility index (Phi) is 4.08. The normalized spacial score (nSPS) is 14.0. The number of nitrogens with two attached hydrogens (primary N) is 2. The van der Waals surface area contributed by atoms with Gasteiger partial charge in [-0.3, -0.25) is 4.98 Å². The fourth-order valence-electron chi connectivity index (χ4n) is 2.90. The maximum Gasteiger partial charge on any atom is 0.262 e. The molecular formula is C18H17FN6O. The van der Waals surface area contributed by atoms with Crippen molar-refractivity contribution in [3.8, 4) is 22.9 Å². The van der Waals surface area contributed by atoms with Crippen LogP contribution < -0.4 is 16.2 Å². The summed E-state index contributed by atoms with van der Waals surface area (Å²) >= 11 is 0. The topological polar surface area (TPSA) is 113 Å². The summed E-state index contributed by atoms with van der Waals surface area (Å²) in [5.74, 6) is 0.279. The van der Waals surface area contributed by atoms with Gasteiger partial charge in [0, 0.05) is 23.5 Å². The smallest absolute Gasteiger partial charge is 0.262 e. The molecule has 2 aromatic heterocycles. The molecule has 0 atom stereocenters. The molecule has 0 bridgehead atoms. The van der Waals surface area contributed by atoms with Crippen molar-refractivity contribution in [2.75, 3.05) is 11.5 Å². The first-order chi connectivity index (χ1) is 12.6. The average molecular weight is 352 g/mol. The van der Waals surface area contributed by atoms with Crippen LogP contribution >= 0.6 is 0 Å². The molecule has 1 fully saturated rings. The van der Waals surface area contributed by atoms with Gasteiger partial charge in [0.2, 0.25) is 0 Å². The van der Waals surface area contributed by atoms with Crippen LogP contribution in [0, 0.1) is 5.82 Å². The minimum atomic E-state index is -0.529. The summed E-state index contributed by atoms with van der Waals surface area (Å²) in [5.41, 5.74) is 12.8. The summed E-state index contributed by atoms with van der Waals surface area (Å²) < 4.78 is 21.1. The van der Waals surface area contributed by atoms with E-state index in [2.05, 4.69) is 19.9 Å². The van der Waals surface area contributed by atoms with E-state index in [1.165, 1.54) is 24.8 Å². The van der Waals surface area contributed by atoms with E-state index in [1.807, 2.05) is 6.07 Å². The molecule has 1 aliphatic rings. The van der Waals surface area contributed by atoms with Crippen LogP contribution in [0.2, 0.25) is 0 Å². The molecule has 4 N–H and O–H groups in total. The van der Waals surface area contributed by atoms with Crippen molar-refractivity contribution in [1.82, 2.24) is 19.9 Å². The lowest BCUT2D eigenvalue weighted by atomic mass is 9.79. The molecule has 3 aromatic rings. The van der Waals surface area contributed by atoms with Crippen LogP contribution in [0.3, 0.4) is 0 Å². The lowest BCUT2D eigenvalue weighted by molar-refractivity contribution is 0.379. The van der Waals surface area contributed by atoms with Crippen LogP contribution in [0.5, 0.6) is 11.6 Å². The van der Waals surface area contributed by atoms with Crippen LogP contribution in [0.25, 0.3) is 11.3 Å². The Morgan fingerprint density at radius 1 is 1.00 bits per heavy atom. The molecule has 0 radical (unpaired) electrons. The number of ether oxygens (including phenoxy) is 1. The van der Waals surface area contributed by atoms with Crippen molar-refractivity contribution in [3.63, 3.8) is 0 Å². The van der Waals surface area contributed by atoms with Crippen LogP contribution in [0.15, 0.2) is 36.9 Å². The molecule has 132 valence electrons. The zero-order valence-electron chi connectivity index (χ0n) is 13.9. The lowest BCUT2D eigenvalue weighted by Gasteiger charge is -2.28. The summed E-state index contributed by atoms with van der Waals surface area (Å²) in [4.78, 5) is 16.1. The number of hydrogen-bond acceptors (Lipinski definition) is 7. The van der Waals surface area contributed by atoms with E-state index in [-0.39, 0.29) is 34.7 Å². The Morgan fingerprint density at radius 2 is 1.81 bits per heavy atom. The average Bonchev–Trinajstić information content (AvgIpc) is 2.59. The molecule has 7 nitrogen and oxygen atoms in total. The Labute approximate surface area is 149 Å². The van der Waals surface area contributed by atoms with Gasteiger partial charge in [0.05, 0.1) is 18.1 Å². The Hall–Kier alpha value is -3.29. The zero-order chi connectivity index (χ0) is 18.1. The Balaban J connectivity index is 1.81. The van der Waals surface area contributed by atoms with Crippen LogP contribution in [-0.2, 0) is 0 Å². The van der Waals surface area contributed by atoms with Gasteiger partial charge >= 0.3 is 0 Å². The van der Waals surface area contributed by atoms with Crippen molar-refractivity contribution in [2.24, 2.45) is 0 Å². The molecule has 1 saturated carbocycles. The minimum Gasteiger partial charge on any atom is -0.432 e. The standard InChI is InChI=1S/C18H17FN6O/c19-15-12(13-8-25-14(20)9-24-13)5-4-11(10-2-1-3-10)16(15)26-18-17(21)22-6-7-23-18/h4-10H,1-3H2,(H2,20,25)(H2,21,22). The highest BCUT2D eigenvalue weighted by atomic mass is 19.1. The second-order valence-corrected chi connectivity index (χ2v) is 6.15. The first-order valence-corrected chi connectivity index (χ1v) is 8.28. The van der Waals surface area contributed by atoms with E-state index >= 15 is 4.39 Å². The third kappa shape index (κ3) is 2.90. The number of nitrogens with zero attached hydrogens (tertiary/aromatic N) is 4. The van der Waals surface area contributed by atoms with Gasteiger partial charge in [-0.05, 0) is 24.8 Å². The van der Waals surface area contributed by atoms with Gasteiger partial charge in [0.1, 0.15) is 5.82 Å². The molecule has 4 rings (SSSR count). The maximum absolute atomic E-state index is 15.3. The minimum absolute atomic E-state index is 0.0764. The summed E-state index contributed by atoms with van der Waals surface area (Å²) in [6.45, 7) is 0. The van der Waals surface area contributed by atoms with E-state index < -0.39 is 5.82 Å². The van der Waals surface area contributed by atoms with E-state index in [9.17, 15) is 0 Å². The third-order valence-corrected chi connectivity index (χ3v) is 4.51. The quantitative estimate of drug-likeness (QED) is 0.740. The van der Waals surface area contributed by atoms with E-state index in [4.69, 9.17) is 16.2 Å². The van der Waals surface area contributed by atoms with Crippen LogP contribution in [0.4, 0.5) is 16.0 Å². The Morgan fingerprint density at radius 3 is 2.46 bits per heavy atom. The first-order valence-electron chi connectivity index (χ1n) is 8.28. The predicted molar refractivity (Wildman–Crippen MR) is 94.9 cm³/mol. The van der Waals surface area contributed by atoms with Gasteiger partial charge < -0.3 is 16.2 Å². The molecule has 0 aliphatic heterocycles. The number of benzene rings is 1. The van der Waals surface area contributed by atoms with Gasteiger partial charge in [-0.2, -0.15) is 0 Å². The van der Waals surface area contributed by atoms with Crippen LogP contribution in [-0.4, -0.2) is 19.9 Å². The lowest BCUT2D eigenvalue weighted by Crippen LogP contribution is -2.12. The van der Waals surface area contributed by atoms with Crippen molar-refractivity contribution < 1.29 is 9.13 Å². The Bertz CT molecular complexity index is 943. The second-order valence-electron chi connectivity index (χ2n) is 6.15. The molecule has 1 aromatic carbocycles. The van der Waals surface area contributed by atoms with Gasteiger partial charge in [-0.25, -0.2) is 19.3 Å². The number of rotatable bonds is 4. The predicted octanol–water partition coefficient (Wildman–Crippen LogP) is 3.30. The van der Waals surface area contributed by atoms with Crippen LogP contribution in [0.1, 0.15) is 30.7 Å². The van der Waals surface area contributed by atoms with Crippen molar-refractivity contribution in [2.45, 2.75) is 25.2 Å². The summed E-state index contributed by atoms with van der Waals surface area (Å²) in [6, 6.07) is 3.55.